The topological polar surface area (TPSA) is 57.6 Å². The fourth-order valence-electron chi connectivity index (χ4n) is 2.38. The molecule has 0 saturated carbocycles. The maximum absolute atomic E-state index is 12.4. The number of hydrogen-bond acceptors (Lipinski definition) is 3. The standard InChI is InChI=1S/C13H27NO3S/c1-11-6-5-8-14(12(11)10-15)18(16,17)9-7-13(2,3)4/h11-12,15H,5-10H2,1-4H3. The van der Waals surface area contributed by atoms with Crippen LogP contribution in [0, 0.1) is 11.3 Å². The molecule has 2 atom stereocenters. The number of sulfonamides is 1. The van der Waals surface area contributed by atoms with E-state index < -0.39 is 10.0 Å². The predicted molar refractivity (Wildman–Crippen MR) is 73.8 cm³/mol. The minimum atomic E-state index is -3.24. The molecule has 0 aromatic rings. The molecule has 1 N–H and O–H groups in total. The average molecular weight is 277 g/mol. The van der Waals surface area contributed by atoms with Gasteiger partial charge in [-0.05, 0) is 30.6 Å². The molecule has 108 valence electrons. The van der Waals surface area contributed by atoms with Gasteiger partial charge >= 0.3 is 0 Å². The van der Waals surface area contributed by atoms with Gasteiger partial charge in [-0.1, -0.05) is 27.7 Å². The summed E-state index contributed by atoms with van der Waals surface area (Å²) in [5, 5.41) is 9.42. The Morgan fingerprint density at radius 3 is 2.44 bits per heavy atom. The van der Waals surface area contributed by atoms with Gasteiger partial charge in [0, 0.05) is 6.54 Å². The molecular weight excluding hydrogens is 250 g/mol. The number of hydrogen-bond donors (Lipinski definition) is 1. The van der Waals surface area contributed by atoms with E-state index in [2.05, 4.69) is 0 Å². The molecule has 0 aliphatic carbocycles. The molecule has 1 saturated heterocycles. The van der Waals surface area contributed by atoms with Crippen molar-refractivity contribution in [2.75, 3.05) is 18.9 Å². The van der Waals surface area contributed by atoms with Crippen LogP contribution in [0.15, 0.2) is 0 Å². The van der Waals surface area contributed by atoms with Crippen LogP contribution in [0.1, 0.15) is 47.0 Å². The molecule has 0 bridgehead atoms. The lowest BCUT2D eigenvalue weighted by molar-refractivity contribution is 0.113. The van der Waals surface area contributed by atoms with E-state index in [0.717, 1.165) is 12.8 Å². The van der Waals surface area contributed by atoms with Crippen molar-refractivity contribution in [3.8, 4) is 0 Å². The molecule has 0 radical (unpaired) electrons. The first-order valence-electron chi connectivity index (χ1n) is 6.78. The van der Waals surface area contributed by atoms with Crippen LogP contribution in [0.3, 0.4) is 0 Å². The minimum absolute atomic E-state index is 0.0170. The van der Waals surface area contributed by atoms with Crippen LogP contribution < -0.4 is 0 Å². The highest BCUT2D eigenvalue weighted by Gasteiger charge is 2.36. The van der Waals surface area contributed by atoms with E-state index >= 15 is 0 Å². The second-order valence-corrected chi connectivity index (χ2v) is 8.65. The van der Waals surface area contributed by atoms with Crippen molar-refractivity contribution in [1.29, 1.82) is 0 Å². The summed E-state index contributed by atoms with van der Waals surface area (Å²) in [6.45, 7) is 8.64. The third-order valence-electron chi connectivity index (χ3n) is 3.72. The number of piperidine rings is 1. The molecule has 1 aliphatic rings. The normalized spacial score (nSPS) is 27.4. The van der Waals surface area contributed by atoms with Gasteiger partial charge in [-0.15, -0.1) is 0 Å². The highest BCUT2D eigenvalue weighted by Crippen LogP contribution is 2.27. The van der Waals surface area contributed by atoms with E-state index in [1.54, 1.807) is 0 Å². The second-order valence-electron chi connectivity index (χ2n) is 6.61. The third-order valence-corrected chi connectivity index (χ3v) is 5.61. The van der Waals surface area contributed by atoms with Gasteiger partial charge in [-0.2, -0.15) is 4.31 Å². The number of nitrogens with zero attached hydrogens (tertiary/aromatic N) is 1. The van der Waals surface area contributed by atoms with Gasteiger partial charge in [0.25, 0.3) is 0 Å². The summed E-state index contributed by atoms with van der Waals surface area (Å²) >= 11 is 0. The van der Waals surface area contributed by atoms with Gasteiger partial charge in [-0.3, -0.25) is 0 Å². The van der Waals surface area contributed by atoms with E-state index in [9.17, 15) is 13.5 Å². The Bertz CT molecular complexity index is 359. The van der Waals surface area contributed by atoms with E-state index in [1.807, 2.05) is 27.7 Å². The summed E-state index contributed by atoms with van der Waals surface area (Å²) in [6, 6.07) is -0.233. The van der Waals surface area contributed by atoms with Crippen LogP contribution in [-0.2, 0) is 10.0 Å². The Hall–Kier alpha value is -0.130. The van der Waals surface area contributed by atoms with E-state index in [0.29, 0.717) is 13.0 Å². The first-order chi connectivity index (χ1) is 8.17. The highest BCUT2D eigenvalue weighted by atomic mass is 32.2. The SMILES string of the molecule is CC1CCCN(S(=O)(=O)CCC(C)(C)C)C1CO. The first kappa shape index (κ1) is 15.9. The Morgan fingerprint density at radius 1 is 1.33 bits per heavy atom. The fourth-order valence-corrected chi connectivity index (χ4v) is 4.58. The molecule has 0 amide bonds. The van der Waals surface area contributed by atoms with Gasteiger partial charge in [0.05, 0.1) is 18.4 Å². The molecule has 1 rings (SSSR count). The summed E-state index contributed by atoms with van der Waals surface area (Å²) in [7, 11) is -3.24. The summed E-state index contributed by atoms with van der Waals surface area (Å²) in [5.41, 5.74) is 0.0170. The lowest BCUT2D eigenvalue weighted by Gasteiger charge is -2.38. The van der Waals surface area contributed by atoms with Crippen molar-refractivity contribution >= 4 is 10.0 Å². The van der Waals surface area contributed by atoms with Crippen LogP contribution in [0.2, 0.25) is 0 Å². The molecule has 1 fully saturated rings. The van der Waals surface area contributed by atoms with Crippen molar-refractivity contribution in [3.63, 3.8) is 0 Å². The number of aliphatic hydroxyl groups is 1. The molecule has 2 unspecified atom stereocenters. The van der Waals surface area contributed by atoms with E-state index in [4.69, 9.17) is 0 Å². The van der Waals surface area contributed by atoms with Crippen molar-refractivity contribution in [2.24, 2.45) is 11.3 Å². The Labute approximate surface area is 111 Å². The zero-order valence-electron chi connectivity index (χ0n) is 12.0. The number of aliphatic hydroxyl groups excluding tert-OH is 1. The third kappa shape index (κ3) is 4.21. The summed E-state index contributed by atoms with van der Waals surface area (Å²) < 4.78 is 26.3. The summed E-state index contributed by atoms with van der Waals surface area (Å²) in [6.07, 6.45) is 2.54. The van der Waals surface area contributed by atoms with E-state index in [-0.39, 0.29) is 29.7 Å². The quantitative estimate of drug-likeness (QED) is 0.853. The Morgan fingerprint density at radius 2 is 1.94 bits per heavy atom. The molecule has 4 nitrogen and oxygen atoms in total. The van der Waals surface area contributed by atoms with E-state index in [1.165, 1.54) is 4.31 Å². The molecule has 5 heteroatoms. The van der Waals surface area contributed by atoms with Gasteiger partial charge in [-0.25, -0.2) is 8.42 Å². The smallest absolute Gasteiger partial charge is 0.214 e. The number of rotatable bonds is 4. The second kappa shape index (κ2) is 5.88. The van der Waals surface area contributed by atoms with Crippen molar-refractivity contribution in [2.45, 2.75) is 53.0 Å². The lowest BCUT2D eigenvalue weighted by Crippen LogP contribution is -2.50. The fraction of sp³-hybridized carbons (Fsp3) is 1.00. The molecule has 1 heterocycles. The monoisotopic (exact) mass is 277 g/mol. The van der Waals surface area contributed by atoms with Crippen LogP contribution in [0.5, 0.6) is 0 Å². The average Bonchev–Trinajstić information content (AvgIpc) is 2.25. The maximum Gasteiger partial charge on any atom is 0.214 e. The van der Waals surface area contributed by atoms with Gasteiger partial charge in [0.1, 0.15) is 0 Å². The van der Waals surface area contributed by atoms with Gasteiger partial charge < -0.3 is 5.11 Å². The van der Waals surface area contributed by atoms with Crippen molar-refractivity contribution < 1.29 is 13.5 Å². The van der Waals surface area contributed by atoms with Crippen molar-refractivity contribution in [1.82, 2.24) is 4.31 Å². The summed E-state index contributed by atoms with van der Waals surface area (Å²) in [5.74, 6) is 0.424. The van der Waals surface area contributed by atoms with Crippen LogP contribution in [-0.4, -0.2) is 42.8 Å². The van der Waals surface area contributed by atoms with Gasteiger partial charge in [0.2, 0.25) is 10.0 Å². The Kier molecular flexibility index (Phi) is 5.21. The molecule has 1 aliphatic heterocycles. The zero-order chi connectivity index (χ0) is 14.0. The minimum Gasteiger partial charge on any atom is -0.395 e. The molecule has 0 aromatic carbocycles. The highest BCUT2D eigenvalue weighted by molar-refractivity contribution is 7.89. The zero-order valence-corrected chi connectivity index (χ0v) is 12.8. The van der Waals surface area contributed by atoms with Gasteiger partial charge in [0.15, 0.2) is 0 Å². The molecule has 0 aromatic heterocycles. The Balaban J connectivity index is 2.76. The first-order valence-corrected chi connectivity index (χ1v) is 8.39. The predicted octanol–water partition coefficient (Wildman–Crippen LogP) is 1.85. The van der Waals surface area contributed by atoms with Crippen LogP contribution in [0.25, 0.3) is 0 Å². The summed E-state index contributed by atoms with van der Waals surface area (Å²) in [4.78, 5) is 0. The van der Waals surface area contributed by atoms with Crippen LogP contribution >= 0.6 is 0 Å². The maximum atomic E-state index is 12.4. The lowest BCUT2D eigenvalue weighted by atomic mass is 9.93. The molecular formula is C13H27NO3S. The molecule has 18 heavy (non-hydrogen) atoms. The molecule has 0 spiro atoms. The van der Waals surface area contributed by atoms with Crippen LogP contribution in [0.4, 0.5) is 0 Å². The van der Waals surface area contributed by atoms with Crippen molar-refractivity contribution in [3.05, 3.63) is 0 Å². The largest absolute Gasteiger partial charge is 0.395 e.